The Kier molecular flexibility index (Phi) is 3.41. The molecule has 1 aromatic heterocycles. The highest BCUT2D eigenvalue weighted by atomic mass is 32.2. The molecule has 0 saturated carbocycles. The summed E-state index contributed by atoms with van der Waals surface area (Å²) in [5.74, 6) is -0.689. The Morgan fingerprint density at radius 1 is 1.53 bits per heavy atom. The van der Waals surface area contributed by atoms with Crippen LogP contribution in [0.4, 0.5) is 4.39 Å². The second-order valence-electron chi connectivity index (χ2n) is 3.93. The molecule has 17 heavy (non-hydrogen) atoms. The highest BCUT2D eigenvalue weighted by Gasteiger charge is 2.35. The van der Waals surface area contributed by atoms with Crippen LogP contribution in [-0.4, -0.2) is 42.0 Å². The number of pyridine rings is 1. The smallest absolute Gasteiger partial charge is 0.245 e. The molecule has 1 unspecified atom stereocenters. The zero-order valence-corrected chi connectivity index (χ0v) is 9.90. The maximum atomic E-state index is 13.0. The molecule has 1 aromatic rings. The number of hydrogen-bond donors (Lipinski definition) is 1. The third-order valence-corrected chi connectivity index (χ3v) is 4.74. The number of nitrogens with zero attached hydrogens (tertiary/aromatic N) is 2. The van der Waals surface area contributed by atoms with E-state index < -0.39 is 21.9 Å². The monoisotopic (exact) mass is 260 g/mol. The lowest BCUT2D eigenvalue weighted by atomic mass is 10.2. The number of hydrogen-bond acceptors (Lipinski definition) is 4. The van der Waals surface area contributed by atoms with E-state index in [1.165, 1.54) is 4.31 Å². The molecule has 0 aliphatic carbocycles. The molecule has 1 aliphatic heterocycles. The third-order valence-electron chi connectivity index (χ3n) is 2.82. The lowest BCUT2D eigenvalue weighted by Gasteiger charge is -2.22. The summed E-state index contributed by atoms with van der Waals surface area (Å²) in [5, 5.41) is 9.11. The second kappa shape index (κ2) is 4.67. The Morgan fingerprint density at radius 3 is 2.94 bits per heavy atom. The first-order chi connectivity index (χ1) is 8.05. The molecule has 94 valence electrons. The highest BCUT2D eigenvalue weighted by Crippen LogP contribution is 2.25. The van der Waals surface area contributed by atoms with Crippen LogP contribution in [-0.2, 0) is 10.0 Å². The van der Waals surface area contributed by atoms with Crippen molar-refractivity contribution in [3.8, 4) is 0 Å². The summed E-state index contributed by atoms with van der Waals surface area (Å²) in [5.41, 5.74) is 0. The second-order valence-corrected chi connectivity index (χ2v) is 5.82. The molecule has 0 spiro atoms. The fourth-order valence-electron chi connectivity index (χ4n) is 1.98. The number of aliphatic hydroxyl groups excluding tert-OH is 1. The number of aromatic nitrogens is 1. The summed E-state index contributed by atoms with van der Waals surface area (Å²) < 4.78 is 38.5. The van der Waals surface area contributed by atoms with Crippen LogP contribution in [0.15, 0.2) is 23.4 Å². The van der Waals surface area contributed by atoms with Crippen LogP contribution in [0.25, 0.3) is 0 Å². The Bertz CT molecular complexity index is 506. The van der Waals surface area contributed by atoms with E-state index in [0.717, 1.165) is 18.5 Å². The van der Waals surface area contributed by atoms with E-state index in [4.69, 9.17) is 5.11 Å². The SMILES string of the molecule is O=S(=O)(c1cncc(F)c1)N1CCCC1CO. The minimum atomic E-state index is -3.75. The first kappa shape index (κ1) is 12.4. The quantitative estimate of drug-likeness (QED) is 0.852. The van der Waals surface area contributed by atoms with Crippen molar-refractivity contribution in [2.24, 2.45) is 0 Å². The van der Waals surface area contributed by atoms with Gasteiger partial charge >= 0.3 is 0 Å². The minimum absolute atomic E-state index is 0.169. The van der Waals surface area contributed by atoms with Crippen molar-refractivity contribution in [2.75, 3.05) is 13.2 Å². The van der Waals surface area contributed by atoms with E-state index in [1.807, 2.05) is 0 Å². The van der Waals surface area contributed by atoms with Gasteiger partial charge in [0.15, 0.2) is 0 Å². The van der Waals surface area contributed by atoms with Crippen molar-refractivity contribution in [1.82, 2.24) is 9.29 Å². The summed E-state index contributed by atoms with van der Waals surface area (Å²) in [6, 6.07) is 0.526. The molecule has 0 aromatic carbocycles. The van der Waals surface area contributed by atoms with E-state index in [-0.39, 0.29) is 11.5 Å². The molecule has 1 fully saturated rings. The maximum Gasteiger partial charge on any atom is 0.245 e. The summed E-state index contributed by atoms with van der Waals surface area (Å²) in [6.07, 6.45) is 3.39. The van der Waals surface area contributed by atoms with Crippen LogP contribution in [0, 0.1) is 5.82 Å². The van der Waals surface area contributed by atoms with E-state index >= 15 is 0 Å². The van der Waals surface area contributed by atoms with Gasteiger partial charge in [-0.15, -0.1) is 0 Å². The number of rotatable bonds is 3. The maximum absolute atomic E-state index is 13.0. The largest absolute Gasteiger partial charge is 0.395 e. The molecular weight excluding hydrogens is 247 g/mol. The Balaban J connectivity index is 2.36. The van der Waals surface area contributed by atoms with Gasteiger partial charge in [-0.05, 0) is 18.9 Å². The van der Waals surface area contributed by atoms with Crippen LogP contribution in [0.1, 0.15) is 12.8 Å². The van der Waals surface area contributed by atoms with Crippen molar-refractivity contribution < 1.29 is 17.9 Å². The molecule has 1 atom stereocenters. The molecule has 1 aliphatic rings. The lowest BCUT2D eigenvalue weighted by molar-refractivity contribution is 0.213. The molecule has 1 saturated heterocycles. The fraction of sp³-hybridized carbons (Fsp3) is 0.500. The van der Waals surface area contributed by atoms with Gasteiger partial charge in [0.05, 0.1) is 12.8 Å². The van der Waals surface area contributed by atoms with Crippen LogP contribution < -0.4 is 0 Å². The first-order valence-corrected chi connectivity index (χ1v) is 6.73. The van der Waals surface area contributed by atoms with Crippen LogP contribution in [0.2, 0.25) is 0 Å². The summed E-state index contributed by atoms with van der Waals surface area (Å²) in [6.45, 7) is 0.131. The molecule has 2 rings (SSSR count). The molecule has 0 radical (unpaired) electrons. The molecule has 0 amide bonds. The predicted octanol–water partition coefficient (Wildman–Crippen LogP) is 0.366. The summed E-state index contributed by atoms with van der Waals surface area (Å²) in [7, 11) is -3.75. The lowest BCUT2D eigenvalue weighted by Crippen LogP contribution is -2.37. The summed E-state index contributed by atoms with van der Waals surface area (Å²) >= 11 is 0. The Labute approximate surface area is 99.0 Å². The van der Waals surface area contributed by atoms with Gasteiger partial charge in [0, 0.05) is 18.8 Å². The molecular formula is C10H13FN2O3S. The Hall–Kier alpha value is -1.05. The van der Waals surface area contributed by atoms with Gasteiger partial charge in [-0.1, -0.05) is 0 Å². The van der Waals surface area contributed by atoms with E-state index in [0.29, 0.717) is 19.4 Å². The topological polar surface area (TPSA) is 70.5 Å². The van der Waals surface area contributed by atoms with Gasteiger partial charge in [-0.25, -0.2) is 12.8 Å². The molecule has 1 N–H and O–H groups in total. The van der Waals surface area contributed by atoms with Crippen LogP contribution in [0.5, 0.6) is 0 Å². The standard InChI is InChI=1S/C10H13FN2O3S/c11-8-4-10(6-12-5-8)17(15,16)13-3-1-2-9(13)7-14/h4-6,9,14H,1-3,7H2. The van der Waals surface area contributed by atoms with Gasteiger partial charge in [0.2, 0.25) is 10.0 Å². The van der Waals surface area contributed by atoms with E-state index in [9.17, 15) is 12.8 Å². The zero-order chi connectivity index (χ0) is 12.5. The van der Waals surface area contributed by atoms with Crippen molar-refractivity contribution in [3.63, 3.8) is 0 Å². The molecule has 7 heteroatoms. The highest BCUT2D eigenvalue weighted by molar-refractivity contribution is 7.89. The van der Waals surface area contributed by atoms with Gasteiger partial charge in [0.1, 0.15) is 10.7 Å². The van der Waals surface area contributed by atoms with Crippen LogP contribution >= 0.6 is 0 Å². The molecule has 5 nitrogen and oxygen atoms in total. The zero-order valence-electron chi connectivity index (χ0n) is 9.08. The average molecular weight is 260 g/mol. The Morgan fingerprint density at radius 2 is 2.29 bits per heavy atom. The first-order valence-electron chi connectivity index (χ1n) is 5.29. The third kappa shape index (κ3) is 2.31. The van der Waals surface area contributed by atoms with E-state index in [1.54, 1.807) is 0 Å². The normalized spacial score (nSPS) is 21.9. The van der Waals surface area contributed by atoms with Crippen molar-refractivity contribution in [2.45, 2.75) is 23.8 Å². The average Bonchev–Trinajstić information content (AvgIpc) is 2.77. The van der Waals surface area contributed by atoms with Crippen molar-refractivity contribution in [3.05, 3.63) is 24.3 Å². The van der Waals surface area contributed by atoms with Crippen LogP contribution in [0.3, 0.4) is 0 Å². The number of sulfonamides is 1. The number of halogens is 1. The molecule has 0 bridgehead atoms. The summed E-state index contributed by atoms with van der Waals surface area (Å²) in [4.78, 5) is 3.36. The van der Waals surface area contributed by atoms with Gasteiger partial charge in [-0.2, -0.15) is 4.31 Å². The van der Waals surface area contributed by atoms with Gasteiger partial charge in [-0.3, -0.25) is 4.98 Å². The number of aliphatic hydroxyl groups is 1. The molecule has 2 heterocycles. The minimum Gasteiger partial charge on any atom is -0.395 e. The van der Waals surface area contributed by atoms with Gasteiger partial charge < -0.3 is 5.11 Å². The predicted molar refractivity (Wildman–Crippen MR) is 58.2 cm³/mol. The van der Waals surface area contributed by atoms with Gasteiger partial charge in [0.25, 0.3) is 0 Å². The van der Waals surface area contributed by atoms with Crippen molar-refractivity contribution in [1.29, 1.82) is 0 Å². The van der Waals surface area contributed by atoms with Crippen molar-refractivity contribution >= 4 is 10.0 Å². The van der Waals surface area contributed by atoms with E-state index in [2.05, 4.69) is 4.98 Å². The fourth-order valence-corrected chi connectivity index (χ4v) is 3.64.